The molecule has 0 fully saturated rings. The van der Waals surface area contributed by atoms with Crippen LogP contribution in [0.2, 0.25) is 0 Å². The zero-order valence-corrected chi connectivity index (χ0v) is 11.3. The molecular weight excluding hydrogens is 250 g/mol. The molecule has 4 heteroatoms. The Morgan fingerprint density at radius 1 is 1.30 bits per heavy atom. The van der Waals surface area contributed by atoms with E-state index in [0.717, 1.165) is 42.0 Å². The number of anilines is 1. The summed E-state index contributed by atoms with van der Waals surface area (Å²) in [5.41, 5.74) is 3.61. The topological polar surface area (TPSA) is 45.6 Å². The Bertz CT molecular complexity index is 679. The molecule has 0 spiro atoms. The summed E-state index contributed by atoms with van der Waals surface area (Å²) in [6.07, 6.45) is 4.23. The van der Waals surface area contributed by atoms with Crippen LogP contribution >= 0.6 is 0 Å². The summed E-state index contributed by atoms with van der Waals surface area (Å²) in [4.78, 5) is 21.8. The summed E-state index contributed by atoms with van der Waals surface area (Å²) < 4.78 is 0. The average molecular weight is 265 g/mol. The fourth-order valence-corrected chi connectivity index (χ4v) is 2.47. The fraction of sp³-hybridized carbons (Fsp3) is 0.188. The van der Waals surface area contributed by atoms with Crippen LogP contribution in [0.25, 0.3) is 11.1 Å². The van der Waals surface area contributed by atoms with Crippen molar-refractivity contribution in [1.29, 1.82) is 0 Å². The SMILES string of the molecule is CC1=NCCN1c1cccc(-c2cnccc2C=O)c1. The molecule has 0 saturated heterocycles. The molecule has 0 bridgehead atoms. The van der Waals surface area contributed by atoms with E-state index in [4.69, 9.17) is 0 Å². The second-order valence-corrected chi connectivity index (χ2v) is 4.71. The van der Waals surface area contributed by atoms with Crippen LogP contribution < -0.4 is 4.90 Å². The standard InChI is InChI=1S/C16H15N3O/c1-12-18-7-8-19(12)15-4-2-3-13(9-15)16-10-17-6-5-14(16)11-20/h2-6,9-11H,7-8H2,1H3. The number of carbonyl (C=O) groups is 1. The van der Waals surface area contributed by atoms with Gasteiger partial charge < -0.3 is 4.90 Å². The molecule has 2 aromatic rings. The predicted octanol–water partition coefficient (Wildman–Crippen LogP) is 2.80. The highest BCUT2D eigenvalue weighted by Gasteiger charge is 2.15. The zero-order valence-electron chi connectivity index (χ0n) is 11.3. The third kappa shape index (κ3) is 2.20. The maximum Gasteiger partial charge on any atom is 0.150 e. The van der Waals surface area contributed by atoms with Crippen molar-refractivity contribution in [3.63, 3.8) is 0 Å². The van der Waals surface area contributed by atoms with Crippen LogP contribution in [0.3, 0.4) is 0 Å². The fourth-order valence-electron chi connectivity index (χ4n) is 2.47. The van der Waals surface area contributed by atoms with Gasteiger partial charge in [0.1, 0.15) is 5.84 Å². The second kappa shape index (κ2) is 5.25. The van der Waals surface area contributed by atoms with E-state index in [1.165, 1.54) is 0 Å². The van der Waals surface area contributed by atoms with Gasteiger partial charge in [0.15, 0.2) is 6.29 Å². The summed E-state index contributed by atoms with van der Waals surface area (Å²) in [5.74, 6) is 1.03. The first kappa shape index (κ1) is 12.5. The lowest BCUT2D eigenvalue weighted by atomic mass is 10.0. The van der Waals surface area contributed by atoms with Crippen molar-refractivity contribution >= 4 is 17.8 Å². The molecule has 1 aromatic carbocycles. The maximum atomic E-state index is 11.1. The second-order valence-electron chi connectivity index (χ2n) is 4.71. The largest absolute Gasteiger partial charge is 0.329 e. The highest BCUT2D eigenvalue weighted by Crippen LogP contribution is 2.27. The number of nitrogens with zero attached hydrogens (tertiary/aromatic N) is 3. The van der Waals surface area contributed by atoms with Crippen LogP contribution in [0.4, 0.5) is 5.69 Å². The highest BCUT2D eigenvalue weighted by molar-refractivity contribution is 5.98. The van der Waals surface area contributed by atoms with Crippen molar-refractivity contribution in [2.45, 2.75) is 6.92 Å². The summed E-state index contributed by atoms with van der Waals surface area (Å²) in [6.45, 7) is 3.76. The number of aldehydes is 1. The Morgan fingerprint density at radius 2 is 2.20 bits per heavy atom. The van der Waals surface area contributed by atoms with Gasteiger partial charge in [0.05, 0.1) is 6.54 Å². The number of carbonyl (C=O) groups excluding carboxylic acids is 1. The molecular formula is C16H15N3O. The van der Waals surface area contributed by atoms with Crippen LogP contribution in [0, 0.1) is 0 Å². The first-order valence-electron chi connectivity index (χ1n) is 6.58. The molecule has 1 aromatic heterocycles. The lowest BCUT2D eigenvalue weighted by Gasteiger charge is -2.19. The van der Waals surface area contributed by atoms with E-state index in [1.807, 2.05) is 19.1 Å². The van der Waals surface area contributed by atoms with E-state index >= 15 is 0 Å². The van der Waals surface area contributed by atoms with Crippen LogP contribution in [0.5, 0.6) is 0 Å². The first-order valence-corrected chi connectivity index (χ1v) is 6.58. The molecule has 0 radical (unpaired) electrons. The van der Waals surface area contributed by atoms with Gasteiger partial charge in [-0.3, -0.25) is 14.8 Å². The third-order valence-corrected chi connectivity index (χ3v) is 3.51. The van der Waals surface area contributed by atoms with Crippen molar-refractivity contribution in [3.05, 3.63) is 48.3 Å². The van der Waals surface area contributed by atoms with E-state index < -0.39 is 0 Å². The van der Waals surface area contributed by atoms with Gasteiger partial charge >= 0.3 is 0 Å². The van der Waals surface area contributed by atoms with Crippen LogP contribution in [-0.2, 0) is 0 Å². The molecule has 0 unspecified atom stereocenters. The van der Waals surface area contributed by atoms with E-state index in [1.54, 1.807) is 18.5 Å². The smallest absolute Gasteiger partial charge is 0.150 e. The number of hydrogen-bond donors (Lipinski definition) is 0. The number of aliphatic imine (C=N–C) groups is 1. The minimum atomic E-state index is 0.656. The number of benzene rings is 1. The Morgan fingerprint density at radius 3 is 2.95 bits per heavy atom. The van der Waals surface area contributed by atoms with Gasteiger partial charge in [0.25, 0.3) is 0 Å². The van der Waals surface area contributed by atoms with Crippen molar-refractivity contribution in [2.24, 2.45) is 4.99 Å². The molecule has 0 amide bonds. The molecule has 0 atom stereocenters. The first-order chi connectivity index (χ1) is 9.79. The summed E-state index contributed by atoms with van der Waals surface area (Å²) in [7, 11) is 0. The summed E-state index contributed by atoms with van der Waals surface area (Å²) in [6, 6.07) is 9.87. The number of hydrogen-bond acceptors (Lipinski definition) is 4. The van der Waals surface area contributed by atoms with E-state index in [2.05, 4.69) is 27.0 Å². The van der Waals surface area contributed by atoms with Crippen LogP contribution in [0.15, 0.2) is 47.7 Å². The lowest BCUT2D eigenvalue weighted by molar-refractivity contribution is 0.112. The molecule has 1 aliphatic heterocycles. The predicted molar refractivity (Wildman–Crippen MR) is 80.4 cm³/mol. The number of rotatable bonds is 3. The highest BCUT2D eigenvalue weighted by atomic mass is 16.1. The molecule has 0 aliphatic carbocycles. The van der Waals surface area contributed by atoms with Gasteiger partial charge in [-0.05, 0) is 30.7 Å². The van der Waals surface area contributed by atoms with E-state index in [0.29, 0.717) is 5.56 Å². The third-order valence-electron chi connectivity index (χ3n) is 3.51. The van der Waals surface area contributed by atoms with Gasteiger partial charge in [0, 0.05) is 35.8 Å². The molecule has 20 heavy (non-hydrogen) atoms. The molecule has 0 saturated carbocycles. The molecule has 3 rings (SSSR count). The molecule has 1 aliphatic rings. The van der Waals surface area contributed by atoms with E-state index in [9.17, 15) is 4.79 Å². The van der Waals surface area contributed by atoms with Crippen molar-refractivity contribution in [3.8, 4) is 11.1 Å². The minimum absolute atomic E-state index is 0.656. The van der Waals surface area contributed by atoms with Crippen LogP contribution in [0.1, 0.15) is 17.3 Å². The molecule has 100 valence electrons. The van der Waals surface area contributed by atoms with Crippen molar-refractivity contribution in [1.82, 2.24) is 4.98 Å². The van der Waals surface area contributed by atoms with Gasteiger partial charge in [-0.2, -0.15) is 0 Å². The van der Waals surface area contributed by atoms with Crippen molar-refractivity contribution < 1.29 is 4.79 Å². The summed E-state index contributed by atoms with van der Waals surface area (Å²) in [5, 5.41) is 0. The minimum Gasteiger partial charge on any atom is -0.329 e. The number of amidine groups is 1. The Labute approximate surface area is 117 Å². The Balaban J connectivity index is 2.03. The lowest BCUT2D eigenvalue weighted by Crippen LogP contribution is -2.24. The normalized spacial score (nSPS) is 14.2. The van der Waals surface area contributed by atoms with Gasteiger partial charge in [-0.15, -0.1) is 0 Å². The Hall–Kier alpha value is -2.49. The van der Waals surface area contributed by atoms with E-state index in [-0.39, 0.29) is 0 Å². The number of aromatic nitrogens is 1. The molecule has 0 N–H and O–H groups in total. The maximum absolute atomic E-state index is 11.1. The quantitative estimate of drug-likeness (QED) is 0.802. The summed E-state index contributed by atoms with van der Waals surface area (Å²) >= 11 is 0. The van der Waals surface area contributed by atoms with Crippen molar-refractivity contribution in [2.75, 3.05) is 18.0 Å². The van der Waals surface area contributed by atoms with Gasteiger partial charge in [-0.25, -0.2) is 0 Å². The average Bonchev–Trinajstić information content (AvgIpc) is 2.93. The van der Waals surface area contributed by atoms with Crippen LogP contribution in [-0.4, -0.2) is 30.2 Å². The molecule has 2 heterocycles. The monoisotopic (exact) mass is 265 g/mol. The van der Waals surface area contributed by atoms with Gasteiger partial charge in [-0.1, -0.05) is 12.1 Å². The molecule has 4 nitrogen and oxygen atoms in total. The number of pyridine rings is 1. The zero-order chi connectivity index (χ0) is 13.9. The van der Waals surface area contributed by atoms with Gasteiger partial charge in [0.2, 0.25) is 0 Å². The Kier molecular flexibility index (Phi) is 3.29.